The van der Waals surface area contributed by atoms with Gasteiger partial charge >= 0.3 is 0 Å². The Kier molecular flexibility index (Phi) is 6.83. The number of hydrogen-bond acceptors (Lipinski definition) is 7. The maximum atomic E-state index is 13.2. The van der Waals surface area contributed by atoms with Crippen LogP contribution in [0.1, 0.15) is 61.9 Å². The minimum absolute atomic E-state index is 0.0428. The predicted octanol–water partition coefficient (Wildman–Crippen LogP) is 3.71. The van der Waals surface area contributed by atoms with Crippen molar-refractivity contribution in [2.45, 2.75) is 65.0 Å². The topological polar surface area (TPSA) is 93.7 Å². The number of amides is 2. The number of nitrogens with zero attached hydrogens (tertiary/aromatic N) is 5. The molecule has 0 bridgehead atoms. The van der Waals surface area contributed by atoms with Gasteiger partial charge in [-0.25, -0.2) is 4.98 Å². The van der Waals surface area contributed by atoms with Crippen LogP contribution in [0.2, 0.25) is 0 Å². The van der Waals surface area contributed by atoms with Crippen molar-refractivity contribution in [1.29, 1.82) is 0 Å². The summed E-state index contributed by atoms with van der Waals surface area (Å²) in [5.41, 5.74) is 2.66. The van der Waals surface area contributed by atoms with E-state index in [0.29, 0.717) is 24.1 Å². The van der Waals surface area contributed by atoms with Crippen molar-refractivity contribution < 1.29 is 9.59 Å². The number of fused-ring (bicyclic) bond motifs is 1. The van der Waals surface area contributed by atoms with Crippen LogP contribution in [0.4, 0.5) is 23.1 Å². The third-order valence-electron chi connectivity index (χ3n) is 8.06. The highest BCUT2D eigenvalue weighted by Gasteiger charge is 2.41. The summed E-state index contributed by atoms with van der Waals surface area (Å²) in [5, 5.41) is 6.50. The lowest BCUT2D eigenvalue weighted by atomic mass is 9.91. The Labute approximate surface area is 219 Å². The number of carbonyl (C=O) groups excluding carboxylic acids is 2. The van der Waals surface area contributed by atoms with E-state index >= 15 is 0 Å². The van der Waals surface area contributed by atoms with Crippen LogP contribution in [-0.4, -0.2) is 72.5 Å². The third kappa shape index (κ3) is 5.14. The van der Waals surface area contributed by atoms with Gasteiger partial charge in [-0.3, -0.25) is 9.59 Å². The van der Waals surface area contributed by atoms with E-state index in [-0.39, 0.29) is 17.9 Å². The minimum Gasteiger partial charge on any atom is -0.351 e. The molecule has 0 radical (unpaired) electrons. The van der Waals surface area contributed by atoms with Gasteiger partial charge in [0.05, 0.1) is 11.6 Å². The number of nitrogens with one attached hydrogen (secondary N) is 2. The zero-order valence-electron chi connectivity index (χ0n) is 22.7. The average molecular weight is 506 g/mol. The largest absolute Gasteiger partial charge is 0.351 e. The van der Waals surface area contributed by atoms with Crippen LogP contribution in [0, 0.1) is 12.3 Å². The van der Waals surface area contributed by atoms with Crippen molar-refractivity contribution in [3.05, 3.63) is 35.5 Å². The van der Waals surface area contributed by atoms with E-state index in [1.54, 1.807) is 11.1 Å². The second kappa shape index (κ2) is 9.93. The molecule has 1 aliphatic carbocycles. The quantitative estimate of drug-likeness (QED) is 0.640. The van der Waals surface area contributed by atoms with Gasteiger partial charge in [0, 0.05) is 43.5 Å². The van der Waals surface area contributed by atoms with Crippen LogP contribution in [0.25, 0.3) is 0 Å². The van der Waals surface area contributed by atoms with E-state index in [1.807, 2.05) is 46.0 Å². The maximum Gasteiger partial charge on any atom is 0.251 e. The number of anilines is 4. The number of likely N-dealkylation sites (tertiary alicyclic amines) is 1. The summed E-state index contributed by atoms with van der Waals surface area (Å²) in [6.07, 6.45) is 7.36. The van der Waals surface area contributed by atoms with Crippen molar-refractivity contribution in [2.75, 3.05) is 48.8 Å². The maximum absolute atomic E-state index is 13.2. The van der Waals surface area contributed by atoms with Gasteiger partial charge in [-0.05, 0) is 77.4 Å². The SMILES string of the molecule is Cc1cc(C(=O)NC2CCN(C)C2)ccc1Nc1ncc2c(n1)N(C1CCCC1)CC(C)(C)C(=O)N2C. The first-order chi connectivity index (χ1) is 17.6. The van der Waals surface area contributed by atoms with Gasteiger partial charge in [-0.15, -0.1) is 0 Å². The lowest BCUT2D eigenvalue weighted by Crippen LogP contribution is -2.45. The summed E-state index contributed by atoms with van der Waals surface area (Å²) in [4.78, 5) is 41.8. The number of rotatable bonds is 5. The molecular formula is C28H39N7O2. The number of carbonyl (C=O) groups is 2. The smallest absolute Gasteiger partial charge is 0.251 e. The standard InChI is InChI=1S/C28H39N7O2/c1-18-14-19(25(36)30-20-12-13-33(4)16-20)10-11-22(18)31-27-29-15-23-24(32-27)35(21-8-6-7-9-21)17-28(2,3)26(37)34(23)5/h10-11,14-15,20-21H,6-9,12-13,16-17H2,1-5H3,(H,30,36)(H,29,31,32). The molecule has 9 nitrogen and oxygen atoms in total. The van der Waals surface area contributed by atoms with Crippen molar-refractivity contribution >= 4 is 35.0 Å². The summed E-state index contributed by atoms with van der Waals surface area (Å²) < 4.78 is 0. The molecular weight excluding hydrogens is 466 g/mol. The second-order valence-corrected chi connectivity index (χ2v) is 11.6. The van der Waals surface area contributed by atoms with Gasteiger partial charge in [-0.2, -0.15) is 4.98 Å². The first kappa shape index (κ1) is 25.4. The van der Waals surface area contributed by atoms with Gasteiger partial charge in [-0.1, -0.05) is 12.8 Å². The van der Waals surface area contributed by atoms with Crippen LogP contribution in [0.3, 0.4) is 0 Å². The molecule has 0 spiro atoms. The summed E-state index contributed by atoms with van der Waals surface area (Å²) in [5.74, 6) is 1.32. The van der Waals surface area contributed by atoms with Crippen molar-refractivity contribution in [2.24, 2.45) is 5.41 Å². The van der Waals surface area contributed by atoms with E-state index in [2.05, 4.69) is 32.5 Å². The van der Waals surface area contributed by atoms with Crippen LogP contribution in [0.15, 0.2) is 24.4 Å². The number of aryl methyl sites for hydroxylation is 1. The predicted molar refractivity (Wildman–Crippen MR) is 147 cm³/mol. The first-order valence-electron chi connectivity index (χ1n) is 13.4. The summed E-state index contributed by atoms with van der Waals surface area (Å²) in [6, 6.07) is 6.22. The van der Waals surface area contributed by atoms with E-state index in [9.17, 15) is 9.59 Å². The second-order valence-electron chi connectivity index (χ2n) is 11.6. The van der Waals surface area contributed by atoms with E-state index < -0.39 is 5.41 Å². The molecule has 1 unspecified atom stereocenters. The number of hydrogen-bond donors (Lipinski definition) is 2. The Morgan fingerprint density at radius 3 is 2.57 bits per heavy atom. The molecule has 9 heteroatoms. The van der Waals surface area contributed by atoms with Crippen LogP contribution < -0.4 is 20.4 Å². The Bertz CT molecular complexity index is 1190. The highest BCUT2D eigenvalue weighted by molar-refractivity contribution is 6.01. The van der Waals surface area contributed by atoms with E-state index in [4.69, 9.17) is 4.98 Å². The Hall–Kier alpha value is -3.20. The fourth-order valence-electron chi connectivity index (χ4n) is 5.91. The van der Waals surface area contributed by atoms with Gasteiger partial charge in [0.25, 0.3) is 5.91 Å². The fraction of sp³-hybridized carbons (Fsp3) is 0.571. The molecule has 2 aromatic rings. The van der Waals surface area contributed by atoms with Crippen LogP contribution >= 0.6 is 0 Å². The van der Waals surface area contributed by atoms with E-state index in [0.717, 1.165) is 55.1 Å². The zero-order valence-corrected chi connectivity index (χ0v) is 22.7. The molecule has 1 atom stereocenters. The molecule has 5 rings (SSSR count). The molecule has 2 N–H and O–H groups in total. The molecule has 1 saturated heterocycles. The van der Waals surface area contributed by atoms with Crippen LogP contribution in [-0.2, 0) is 4.79 Å². The van der Waals surface area contributed by atoms with Gasteiger partial charge in [0.2, 0.25) is 11.9 Å². The number of likely N-dealkylation sites (N-methyl/N-ethyl adjacent to an activating group) is 1. The third-order valence-corrected chi connectivity index (χ3v) is 8.06. The fourth-order valence-corrected chi connectivity index (χ4v) is 5.91. The zero-order chi connectivity index (χ0) is 26.3. The van der Waals surface area contributed by atoms with Crippen molar-refractivity contribution in [3.8, 4) is 0 Å². The number of benzene rings is 1. The molecule has 1 saturated carbocycles. The van der Waals surface area contributed by atoms with Gasteiger partial charge in [0.1, 0.15) is 5.69 Å². The number of aromatic nitrogens is 2. The summed E-state index contributed by atoms with van der Waals surface area (Å²) in [6.45, 7) is 8.52. The lowest BCUT2D eigenvalue weighted by Gasteiger charge is -2.34. The van der Waals surface area contributed by atoms with Crippen LogP contribution in [0.5, 0.6) is 0 Å². The monoisotopic (exact) mass is 505 g/mol. The molecule has 3 aliphatic rings. The Morgan fingerprint density at radius 2 is 1.89 bits per heavy atom. The molecule has 198 valence electrons. The molecule has 2 aliphatic heterocycles. The van der Waals surface area contributed by atoms with Crippen molar-refractivity contribution in [3.63, 3.8) is 0 Å². The molecule has 3 heterocycles. The Balaban J connectivity index is 1.39. The van der Waals surface area contributed by atoms with E-state index in [1.165, 1.54) is 12.8 Å². The van der Waals surface area contributed by atoms with Crippen molar-refractivity contribution in [1.82, 2.24) is 20.2 Å². The molecule has 1 aromatic carbocycles. The van der Waals surface area contributed by atoms with Gasteiger partial charge in [0.15, 0.2) is 5.82 Å². The minimum atomic E-state index is -0.521. The summed E-state index contributed by atoms with van der Waals surface area (Å²) >= 11 is 0. The highest BCUT2D eigenvalue weighted by atomic mass is 16.2. The summed E-state index contributed by atoms with van der Waals surface area (Å²) in [7, 11) is 3.89. The molecule has 37 heavy (non-hydrogen) atoms. The molecule has 1 aromatic heterocycles. The Morgan fingerprint density at radius 1 is 1.14 bits per heavy atom. The lowest BCUT2D eigenvalue weighted by molar-refractivity contribution is -0.125. The molecule has 2 amide bonds. The first-order valence-corrected chi connectivity index (χ1v) is 13.4. The normalized spacial score (nSPS) is 22.2. The highest BCUT2D eigenvalue weighted by Crippen LogP contribution is 2.40. The molecule has 2 fully saturated rings. The average Bonchev–Trinajstić information content (AvgIpc) is 3.53. The van der Waals surface area contributed by atoms with Gasteiger partial charge < -0.3 is 25.3 Å².